The first-order valence-corrected chi connectivity index (χ1v) is 11.1. The Morgan fingerprint density at radius 3 is 2.27 bits per heavy atom. The molecule has 0 saturated carbocycles. The normalized spacial score (nSPS) is 18.9. The summed E-state index contributed by atoms with van der Waals surface area (Å²) in [5, 5.41) is 0. The van der Waals surface area contributed by atoms with Gasteiger partial charge in [-0.3, -0.25) is 19.3 Å². The molecule has 2 aliphatic rings. The van der Waals surface area contributed by atoms with Gasteiger partial charge in [0.2, 0.25) is 5.91 Å². The van der Waals surface area contributed by atoms with E-state index in [9.17, 15) is 23.6 Å². The van der Waals surface area contributed by atoms with E-state index in [1.165, 1.54) is 12.1 Å². The third-order valence-electron chi connectivity index (χ3n) is 5.96. The van der Waals surface area contributed by atoms with E-state index < -0.39 is 29.7 Å². The number of carbonyl (C=O) groups is 4. The number of imide groups is 1. The molecule has 33 heavy (non-hydrogen) atoms. The van der Waals surface area contributed by atoms with E-state index in [1.54, 1.807) is 29.2 Å². The Balaban J connectivity index is 1.41. The van der Waals surface area contributed by atoms with Gasteiger partial charge in [0.25, 0.3) is 11.8 Å². The van der Waals surface area contributed by atoms with Gasteiger partial charge in [-0.05, 0) is 67.6 Å². The predicted molar refractivity (Wildman–Crippen MR) is 117 cm³/mol. The minimum absolute atomic E-state index is 0.130. The van der Waals surface area contributed by atoms with Crippen LogP contribution in [0.3, 0.4) is 0 Å². The van der Waals surface area contributed by atoms with Gasteiger partial charge in [0, 0.05) is 31.6 Å². The van der Waals surface area contributed by atoms with Crippen molar-refractivity contribution in [1.82, 2.24) is 9.80 Å². The number of ether oxygens (including phenoxy) is 1. The van der Waals surface area contributed by atoms with Gasteiger partial charge in [-0.1, -0.05) is 12.1 Å². The summed E-state index contributed by atoms with van der Waals surface area (Å²) >= 11 is 0. The van der Waals surface area contributed by atoms with Crippen LogP contribution >= 0.6 is 0 Å². The molecule has 2 aliphatic heterocycles. The Morgan fingerprint density at radius 2 is 1.61 bits per heavy atom. The summed E-state index contributed by atoms with van der Waals surface area (Å²) in [5.41, 5.74) is 1.40. The van der Waals surface area contributed by atoms with Crippen molar-refractivity contribution in [1.29, 1.82) is 0 Å². The van der Waals surface area contributed by atoms with Gasteiger partial charge in [-0.2, -0.15) is 0 Å². The summed E-state index contributed by atoms with van der Waals surface area (Å²) in [4.78, 5) is 53.1. The van der Waals surface area contributed by atoms with Crippen molar-refractivity contribution in [2.45, 2.75) is 44.8 Å². The third kappa shape index (κ3) is 5.27. The number of carbonyl (C=O) groups excluding carboxylic acids is 4. The number of esters is 1. The first kappa shape index (κ1) is 22.6. The standard InChI is InChI=1S/C25H25FN2O5/c26-20-12-10-18(11-13-20)23(30)28-15-2-1-4-21(24(28)31)33-25(32)19-8-6-17(7-9-19)16-27-14-3-5-22(27)29/h6-13,21H,1-5,14-16H2. The molecule has 2 fully saturated rings. The van der Waals surface area contributed by atoms with Gasteiger partial charge in [0.05, 0.1) is 5.56 Å². The molecule has 0 N–H and O–H groups in total. The van der Waals surface area contributed by atoms with Crippen LogP contribution in [0.1, 0.15) is 58.4 Å². The number of hydrogen-bond acceptors (Lipinski definition) is 5. The van der Waals surface area contributed by atoms with Gasteiger partial charge in [0.1, 0.15) is 5.82 Å². The molecule has 1 unspecified atom stereocenters. The van der Waals surface area contributed by atoms with Gasteiger partial charge in [-0.15, -0.1) is 0 Å². The third-order valence-corrected chi connectivity index (χ3v) is 5.96. The molecule has 0 radical (unpaired) electrons. The van der Waals surface area contributed by atoms with Crippen molar-refractivity contribution >= 4 is 23.7 Å². The van der Waals surface area contributed by atoms with Crippen LogP contribution < -0.4 is 0 Å². The molecule has 0 spiro atoms. The Kier molecular flexibility index (Phi) is 6.82. The Bertz CT molecular complexity index is 1050. The van der Waals surface area contributed by atoms with E-state index in [2.05, 4.69) is 0 Å². The van der Waals surface area contributed by atoms with Gasteiger partial charge < -0.3 is 9.64 Å². The summed E-state index contributed by atoms with van der Waals surface area (Å²) in [5.74, 6) is -2.10. The zero-order valence-corrected chi connectivity index (χ0v) is 18.2. The average molecular weight is 452 g/mol. The lowest BCUT2D eigenvalue weighted by molar-refractivity contribution is -0.137. The predicted octanol–water partition coefficient (Wildman–Crippen LogP) is 3.33. The fourth-order valence-electron chi connectivity index (χ4n) is 4.10. The molecule has 7 nitrogen and oxygen atoms in total. The number of benzene rings is 2. The number of halogens is 1. The van der Waals surface area contributed by atoms with Crippen LogP contribution in [0.5, 0.6) is 0 Å². The van der Waals surface area contributed by atoms with Gasteiger partial charge >= 0.3 is 5.97 Å². The van der Waals surface area contributed by atoms with Crippen LogP contribution in [0, 0.1) is 5.82 Å². The number of hydrogen-bond donors (Lipinski definition) is 0. The van der Waals surface area contributed by atoms with Crippen LogP contribution in [0.25, 0.3) is 0 Å². The molecule has 2 aromatic rings. The van der Waals surface area contributed by atoms with E-state index in [1.807, 2.05) is 0 Å². The first-order valence-electron chi connectivity index (χ1n) is 11.1. The number of amides is 3. The maximum absolute atomic E-state index is 13.2. The van der Waals surface area contributed by atoms with Crippen molar-refractivity contribution in [3.05, 3.63) is 71.0 Å². The van der Waals surface area contributed by atoms with Crippen molar-refractivity contribution in [2.24, 2.45) is 0 Å². The van der Waals surface area contributed by atoms with Gasteiger partial charge in [0.15, 0.2) is 6.10 Å². The minimum atomic E-state index is -1.06. The largest absolute Gasteiger partial charge is 0.449 e. The summed E-state index contributed by atoms with van der Waals surface area (Å²) in [6, 6.07) is 11.7. The van der Waals surface area contributed by atoms with Crippen LogP contribution in [0.4, 0.5) is 4.39 Å². The molecule has 172 valence electrons. The second-order valence-corrected chi connectivity index (χ2v) is 8.31. The molecule has 2 saturated heterocycles. The smallest absolute Gasteiger partial charge is 0.338 e. The molecule has 1 atom stereocenters. The SMILES string of the molecule is O=C(OC1CCCCN(C(=O)c2ccc(F)cc2)C1=O)c1ccc(CN2CCCC2=O)cc1. The summed E-state index contributed by atoms with van der Waals surface area (Å²) < 4.78 is 18.7. The molecule has 2 aromatic carbocycles. The highest BCUT2D eigenvalue weighted by atomic mass is 19.1. The molecule has 3 amide bonds. The number of nitrogens with zero attached hydrogens (tertiary/aromatic N) is 2. The van der Waals surface area contributed by atoms with Gasteiger partial charge in [-0.25, -0.2) is 9.18 Å². The molecule has 0 bridgehead atoms. The monoisotopic (exact) mass is 452 g/mol. The summed E-state index contributed by atoms with van der Waals surface area (Å²) in [6.45, 7) is 1.45. The van der Waals surface area contributed by atoms with Crippen LogP contribution in [-0.2, 0) is 20.9 Å². The fraction of sp³-hybridized carbons (Fsp3) is 0.360. The highest BCUT2D eigenvalue weighted by Gasteiger charge is 2.34. The molecule has 8 heteroatoms. The first-order chi connectivity index (χ1) is 15.9. The van der Waals surface area contributed by atoms with E-state index >= 15 is 0 Å². The summed E-state index contributed by atoms with van der Waals surface area (Å²) in [6.07, 6.45) is 1.91. The average Bonchev–Trinajstić information content (AvgIpc) is 3.13. The highest BCUT2D eigenvalue weighted by Crippen LogP contribution is 2.20. The van der Waals surface area contributed by atoms with Crippen molar-refractivity contribution in [3.8, 4) is 0 Å². The molecule has 0 aromatic heterocycles. The summed E-state index contributed by atoms with van der Waals surface area (Å²) in [7, 11) is 0. The molecular formula is C25H25FN2O5. The van der Waals surface area contributed by atoms with Crippen molar-refractivity contribution < 1.29 is 28.3 Å². The zero-order valence-electron chi connectivity index (χ0n) is 18.2. The van der Waals surface area contributed by atoms with Crippen molar-refractivity contribution in [3.63, 3.8) is 0 Å². The topological polar surface area (TPSA) is 84.0 Å². The fourth-order valence-corrected chi connectivity index (χ4v) is 4.10. The quantitative estimate of drug-likeness (QED) is 0.513. The molecule has 4 rings (SSSR count). The molecule has 0 aliphatic carbocycles. The molecule has 2 heterocycles. The lowest BCUT2D eigenvalue weighted by atomic mass is 10.1. The minimum Gasteiger partial charge on any atom is -0.449 e. The van der Waals surface area contributed by atoms with Crippen LogP contribution in [0.15, 0.2) is 48.5 Å². The van der Waals surface area contributed by atoms with Crippen molar-refractivity contribution in [2.75, 3.05) is 13.1 Å². The van der Waals surface area contributed by atoms with Crippen LogP contribution in [-0.4, -0.2) is 52.7 Å². The highest BCUT2D eigenvalue weighted by molar-refractivity contribution is 6.06. The van der Waals surface area contributed by atoms with Crippen LogP contribution in [0.2, 0.25) is 0 Å². The lowest BCUT2D eigenvalue weighted by Crippen LogP contribution is -2.43. The maximum atomic E-state index is 13.2. The zero-order chi connectivity index (χ0) is 23.4. The number of likely N-dealkylation sites (tertiary alicyclic amines) is 2. The second kappa shape index (κ2) is 9.94. The number of rotatable bonds is 5. The van der Waals surface area contributed by atoms with E-state index in [0.29, 0.717) is 37.8 Å². The van der Waals surface area contributed by atoms with E-state index in [-0.39, 0.29) is 18.0 Å². The second-order valence-electron chi connectivity index (χ2n) is 8.31. The van der Waals surface area contributed by atoms with E-state index in [0.717, 1.165) is 35.6 Å². The Morgan fingerprint density at radius 1 is 0.909 bits per heavy atom. The lowest BCUT2D eigenvalue weighted by Gasteiger charge is -2.23. The Labute approximate surface area is 191 Å². The maximum Gasteiger partial charge on any atom is 0.338 e. The molecular weight excluding hydrogens is 427 g/mol. The van der Waals surface area contributed by atoms with E-state index in [4.69, 9.17) is 4.74 Å². The Hall–Kier alpha value is -3.55.